The quantitative estimate of drug-likeness (QED) is 0.384. The fourth-order valence-corrected chi connectivity index (χ4v) is 4.01. The number of imidazole rings is 1. The van der Waals surface area contributed by atoms with E-state index < -0.39 is 17.7 Å². The lowest BCUT2D eigenvalue weighted by Crippen LogP contribution is -2.24. The van der Waals surface area contributed by atoms with Crippen LogP contribution in [0.15, 0.2) is 36.7 Å². The molecule has 2 heterocycles. The third-order valence-electron chi connectivity index (χ3n) is 5.99. The van der Waals surface area contributed by atoms with Crippen molar-refractivity contribution < 1.29 is 36.2 Å². The second-order valence-electron chi connectivity index (χ2n) is 8.35. The van der Waals surface area contributed by atoms with Crippen molar-refractivity contribution in [1.29, 1.82) is 0 Å². The standard InChI is InChI=1S/C24H24F5N3O3/c1-33-19-9-15(18-12-31-22(32-18)14-5-7-23(25,26)8-6-14)10-20(34-2)21(19)35-13-17-4-3-16(11-30-17)24(27,28)29/h3-4,9-12,14H,5-8,13H2,1-2H3,(H,31,32). The van der Waals surface area contributed by atoms with Gasteiger partial charge in [-0.2, -0.15) is 13.2 Å². The summed E-state index contributed by atoms with van der Waals surface area (Å²) in [6.45, 7) is -0.106. The number of aromatic nitrogens is 3. The van der Waals surface area contributed by atoms with Gasteiger partial charge in [-0.3, -0.25) is 4.98 Å². The Labute approximate surface area is 198 Å². The van der Waals surface area contributed by atoms with Gasteiger partial charge in [-0.05, 0) is 37.1 Å². The number of pyridine rings is 1. The lowest BCUT2D eigenvalue weighted by atomic mass is 9.86. The van der Waals surface area contributed by atoms with Crippen LogP contribution in [0.3, 0.4) is 0 Å². The van der Waals surface area contributed by atoms with Crippen molar-refractivity contribution in [2.75, 3.05) is 14.2 Å². The van der Waals surface area contributed by atoms with E-state index in [1.165, 1.54) is 20.3 Å². The van der Waals surface area contributed by atoms with Crippen molar-refractivity contribution >= 4 is 0 Å². The fraction of sp³-hybridized carbons (Fsp3) is 0.417. The molecule has 0 bridgehead atoms. The monoisotopic (exact) mass is 497 g/mol. The van der Waals surface area contributed by atoms with Crippen LogP contribution >= 0.6 is 0 Å². The number of alkyl halides is 5. The molecular weight excluding hydrogens is 473 g/mol. The van der Waals surface area contributed by atoms with E-state index in [1.54, 1.807) is 18.3 Å². The molecule has 188 valence electrons. The molecular formula is C24H24F5N3O3. The van der Waals surface area contributed by atoms with Gasteiger partial charge in [0, 0.05) is 30.5 Å². The Balaban J connectivity index is 1.52. The number of hydrogen-bond donors (Lipinski definition) is 1. The summed E-state index contributed by atoms with van der Waals surface area (Å²) in [6, 6.07) is 5.57. The highest BCUT2D eigenvalue weighted by Gasteiger charge is 2.36. The number of nitrogens with zero attached hydrogens (tertiary/aromatic N) is 2. The zero-order chi connectivity index (χ0) is 25.2. The van der Waals surface area contributed by atoms with Crippen LogP contribution in [0, 0.1) is 0 Å². The Bertz CT molecular complexity index is 1130. The molecule has 11 heteroatoms. The van der Waals surface area contributed by atoms with Crippen molar-refractivity contribution in [3.8, 4) is 28.5 Å². The molecule has 0 aliphatic heterocycles. The molecule has 35 heavy (non-hydrogen) atoms. The summed E-state index contributed by atoms with van der Waals surface area (Å²) in [7, 11) is 2.89. The van der Waals surface area contributed by atoms with Crippen molar-refractivity contribution in [3.63, 3.8) is 0 Å². The number of halogens is 5. The summed E-state index contributed by atoms with van der Waals surface area (Å²) in [5.74, 6) is -1.10. The number of hydrogen-bond acceptors (Lipinski definition) is 5. The summed E-state index contributed by atoms with van der Waals surface area (Å²) >= 11 is 0. The first-order chi connectivity index (χ1) is 16.6. The van der Waals surface area contributed by atoms with Gasteiger partial charge < -0.3 is 19.2 Å². The van der Waals surface area contributed by atoms with Gasteiger partial charge in [-0.15, -0.1) is 0 Å². The van der Waals surface area contributed by atoms with Crippen LogP contribution in [-0.4, -0.2) is 35.1 Å². The van der Waals surface area contributed by atoms with Crippen LogP contribution in [-0.2, 0) is 12.8 Å². The Morgan fingerprint density at radius 3 is 2.20 bits per heavy atom. The summed E-state index contributed by atoms with van der Waals surface area (Å²) in [4.78, 5) is 11.4. The Morgan fingerprint density at radius 2 is 1.66 bits per heavy atom. The summed E-state index contributed by atoms with van der Waals surface area (Å²) in [5, 5.41) is 0. The Hall–Kier alpha value is -3.37. The molecule has 1 saturated carbocycles. The van der Waals surface area contributed by atoms with Crippen molar-refractivity contribution in [3.05, 3.63) is 53.7 Å². The third kappa shape index (κ3) is 5.66. The van der Waals surface area contributed by atoms with Gasteiger partial charge in [0.2, 0.25) is 11.7 Å². The van der Waals surface area contributed by atoms with Crippen molar-refractivity contribution in [2.45, 2.75) is 50.3 Å². The molecule has 1 fully saturated rings. The lowest BCUT2D eigenvalue weighted by molar-refractivity contribution is -0.137. The molecule has 0 spiro atoms. The van der Waals surface area contributed by atoms with E-state index in [-0.39, 0.29) is 31.1 Å². The first-order valence-electron chi connectivity index (χ1n) is 10.9. The first-order valence-corrected chi connectivity index (χ1v) is 10.9. The summed E-state index contributed by atoms with van der Waals surface area (Å²) < 4.78 is 81.9. The van der Waals surface area contributed by atoms with Crippen LogP contribution < -0.4 is 14.2 Å². The first kappa shape index (κ1) is 24.7. The van der Waals surface area contributed by atoms with Gasteiger partial charge in [0.15, 0.2) is 11.5 Å². The van der Waals surface area contributed by atoms with E-state index >= 15 is 0 Å². The highest BCUT2D eigenvalue weighted by Crippen LogP contribution is 2.43. The second kappa shape index (κ2) is 9.71. The molecule has 3 aromatic rings. The number of rotatable bonds is 7. The predicted octanol–water partition coefficient (Wildman–Crippen LogP) is 6.38. The van der Waals surface area contributed by atoms with Crippen LogP contribution in [0.5, 0.6) is 17.2 Å². The highest BCUT2D eigenvalue weighted by molar-refractivity contribution is 5.68. The number of aromatic amines is 1. The maximum absolute atomic E-state index is 13.5. The van der Waals surface area contributed by atoms with Crippen LogP contribution in [0.25, 0.3) is 11.3 Å². The SMILES string of the molecule is COc1cc(-c2cnc(C3CCC(F)(F)CC3)[nH]2)cc(OC)c1OCc1ccc(C(F)(F)F)cn1. The molecule has 0 saturated heterocycles. The largest absolute Gasteiger partial charge is 0.493 e. The Morgan fingerprint density at radius 1 is 1.00 bits per heavy atom. The molecule has 1 N–H and O–H groups in total. The maximum atomic E-state index is 13.5. The second-order valence-corrected chi connectivity index (χ2v) is 8.35. The molecule has 0 atom stereocenters. The Kier molecular flexibility index (Phi) is 6.86. The number of benzene rings is 1. The smallest absolute Gasteiger partial charge is 0.417 e. The van der Waals surface area contributed by atoms with Gasteiger partial charge >= 0.3 is 6.18 Å². The number of H-pyrrole nitrogens is 1. The number of methoxy groups -OCH3 is 2. The average Bonchev–Trinajstić information content (AvgIpc) is 3.32. The van der Waals surface area contributed by atoms with E-state index in [0.717, 1.165) is 12.3 Å². The van der Waals surface area contributed by atoms with E-state index in [2.05, 4.69) is 15.0 Å². The molecule has 0 unspecified atom stereocenters. The zero-order valence-electron chi connectivity index (χ0n) is 19.1. The molecule has 1 aliphatic carbocycles. The topological polar surface area (TPSA) is 69.3 Å². The minimum atomic E-state index is -4.47. The van der Waals surface area contributed by atoms with E-state index in [1.807, 2.05) is 0 Å². The molecule has 4 rings (SSSR count). The lowest BCUT2D eigenvalue weighted by Gasteiger charge is -2.26. The zero-order valence-corrected chi connectivity index (χ0v) is 19.1. The van der Waals surface area contributed by atoms with Crippen LogP contribution in [0.2, 0.25) is 0 Å². The fourth-order valence-electron chi connectivity index (χ4n) is 4.01. The molecule has 0 amide bonds. The minimum Gasteiger partial charge on any atom is -0.493 e. The third-order valence-corrected chi connectivity index (χ3v) is 5.99. The van der Waals surface area contributed by atoms with Gasteiger partial charge in [0.1, 0.15) is 12.4 Å². The summed E-state index contributed by atoms with van der Waals surface area (Å²) in [6.07, 6.45) is -1.69. The van der Waals surface area contributed by atoms with Gasteiger partial charge in [-0.1, -0.05) is 0 Å². The van der Waals surface area contributed by atoms with Crippen molar-refractivity contribution in [2.24, 2.45) is 0 Å². The van der Waals surface area contributed by atoms with Gasteiger partial charge in [0.05, 0.1) is 37.4 Å². The molecule has 1 aliphatic rings. The van der Waals surface area contributed by atoms with Crippen LogP contribution in [0.1, 0.15) is 48.7 Å². The molecule has 6 nitrogen and oxygen atoms in total. The van der Waals surface area contributed by atoms with E-state index in [9.17, 15) is 22.0 Å². The van der Waals surface area contributed by atoms with Crippen molar-refractivity contribution in [1.82, 2.24) is 15.0 Å². The van der Waals surface area contributed by atoms with Crippen LogP contribution in [0.4, 0.5) is 22.0 Å². The van der Waals surface area contributed by atoms with E-state index in [0.29, 0.717) is 47.1 Å². The van der Waals surface area contributed by atoms with E-state index in [4.69, 9.17) is 14.2 Å². The highest BCUT2D eigenvalue weighted by atomic mass is 19.4. The molecule has 1 aromatic carbocycles. The average molecular weight is 497 g/mol. The maximum Gasteiger partial charge on any atom is 0.417 e. The minimum absolute atomic E-state index is 0.0639. The van der Waals surface area contributed by atoms with Gasteiger partial charge in [0.25, 0.3) is 0 Å². The molecule has 2 aromatic heterocycles. The number of ether oxygens (including phenoxy) is 3. The summed E-state index contributed by atoms with van der Waals surface area (Å²) in [5.41, 5.74) is 0.785. The molecule has 0 radical (unpaired) electrons. The predicted molar refractivity (Wildman–Crippen MR) is 117 cm³/mol. The van der Waals surface area contributed by atoms with Gasteiger partial charge in [-0.25, -0.2) is 13.8 Å². The number of nitrogens with one attached hydrogen (secondary N) is 1. The normalized spacial score (nSPS) is 16.2.